The van der Waals surface area contributed by atoms with Crippen molar-refractivity contribution in [1.29, 1.82) is 5.41 Å². The maximum absolute atomic E-state index is 6.88. The molecule has 33 valence electrons. The normalized spacial score (nSPS) is 21.0. The van der Waals surface area contributed by atoms with Gasteiger partial charge >= 0.3 is 0 Å². The van der Waals surface area contributed by atoms with Crippen molar-refractivity contribution in [3.05, 3.63) is 6.42 Å². The van der Waals surface area contributed by atoms with Crippen LogP contribution in [0.4, 0.5) is 0 Å². The molecule has 2 nitrogen and oxygen atoms in total. The molecule has 0 aliphatic carbocycles. The average molecular weight is 83.1 g/mol. The zero-order valence-electron chi connectivity index (χ0n) is 3.49. The Labute approximate surface area is 37.1 Å². The van der Waals surface area contributed by atoms with Crippen molar-refractivity contribution in [3.63, 3.8) is 0 Å². The fourth-order valence-corrected chi connectivity index (χ4v) is 0.496. The predicted molar refractivity (Wildman–Crippen MR) is 24.6 cm³/mol. The van der Waals surface area contributed by atoms with E-state index in [1.807, 2.05) is 6.42 Å². The van der Waals surface area contributed by atoms with Crippen molar-refractivity contribution in [1.82, 2.24) is 5.32 Å². The molecule has 0 bridgehead atoms. The summed E-state index contributed by atoms with van der Waals surface area (Å²) in [7, 11) is 0. The van der Waals surface area contributed by atoms with E-state index in [1.54, 1.807) is 0 Å². The molecule has 0 spiro atoms. The van der Waals surface area contributed by atoms with Gasteiger partial charge in [0.1, 0.15) is 0 Å². The van der Waals surface area contributed by atoms with Crippen LogP contribution in [0.25, 0.3) is 0 Å². The van der Waals surface area contributed by atoms with Gasteiger partial charge in [-0.3, -0.25) is 5.41 Å². The Bertz CT molecular complexity index is 59.9. The lowest BCUT2D eigenvalue weighted by Crippen LogP contribution is -2.11. The van der Waals surface area contributed by atoms with E-state index in [1.165, 1.54) is 0 Å². The van der Waals surface area contributed by atoms with Crippen molar-refractivity contribution in [2.45, 2.75) is 6.42 Å². The lowest BCUT2D eigenvalue weighted by atomic mass is 10.4. The second-order valence-corrected chi connectivity index (χ2v) is 1.33. The van der Waals surface area contributed by atoms with E-state index < -0.39 is 0 Å². The highest BCUT2D eigenvalue weighted by atomic mass is 14.9. The molecular weight excluding hydrogens is 76.1 g/mol. The van der Waals surface area contributed by atoms with Gasteiger partial charge < -0.3 is 5.32 Å². The Hall–Kier alpha value is -0.530. The molecular formula is C4H7N2. The van der Waals surface area contributed by atoms with E-state index in [2.05, 4.69) is 5.32 Å². The second kappa shape index (κ2) is 1.29. The number of rotatable bonds is 0. The van der Waals surface area contributed by atoms with Crippen molar-refractivity contribution in [3.8, 4) is 0 Å². The zero-order chi connectivity index (χ0) is 4.41. The second-order valence-electron chi connectivity index (χ2n) is 1.33. The van der Waals surface area contributed by atoms with E-state index in [0.29, 0.717) is 5.84 Å². The Kier molecular flexibility index (Phi) is 0.783. The summed E-state index contributed by atoms with van der Waals surface area (Å²) >= 11 is 0. The average Bonchev–Trinajstić information content (AvgIpc) is 1.86. The van der Waals surface area contributed by atoms with E-state index >= 15 is 0 Å². The van der Waals surface area contributed by atoms with Crippen LogP contribution in [0.5, 0.6) is 0 Å². The summed E-state index contributed by atoms with van der Waals surface area (Å²) in [6.45, 7) is 0.957. The van der Waals surface area contributed by atoms with Gasteiger partial charge in [-0.2, -0.15) is 0 Å². The molecule has 1 rings (SSSR count). The predicted octanol–water partition coefficient (Wildman–Crippen LogP) is 0.161. The molecule has 1 saturated heterocycles. The molecule has 2 heteroatoms. The van der Waals surface area contributed by atoms with Crippen LogP contribution in [0.1, 0.15) is 6.42 Å². The third-order valence-corrected chi connectivity index (χ3v) is 0.808. The molecule has 0 aromatic carbocycles. The maximum Gasteiger partial charge on any atom is 0.0971 e. The first-order valence-electron chi connectivity index (χ1n) is 2.05. The molecule has 1 heterocycles. The third-order valence-electron chi connectivity index (χ3n) is 0.808. The van der Waals surface area contributed by atoms with Crippen LogP contribution in [0, 0.1) is 11.8 Å². The molecule has 1 radical (unpaired) electrons. The van der Waals surface area contributed by atoms with Crippen LogP contribution in [-0.2, 0) is 0 Å². The van der Waals surface area contributed by atoms with Crippen molar-refractivity contribution in [2.24, 2.45) is 0 Å². The third kappa shape index (κ3) is 0.506. The van der Waals surface area contributed by atoms with Crippen molar-refractivity contribution < 1.29 is 0 Å². The Morgan fingerprint density at radius 1 is 1.83 bits per heavy atom. The fraction of sp³-hybridized carbons (Fsp3) is 0.500. The summed E-state index contributed by atoms with van der Waals surface area (Å²) in [5.74, 6) is 0.579. The van der Waals surface area contributed by atoms with Crippen molar-refractivity contribution >= 4 is 5.84 Å². The van der Waals surface area contributed by atoms with E-state index in [0.717, 1.165) is 13.0 Å². The highest BCUT2D eigenvalue weighted by Crippen LogP contribution is 1.92. The maximum atomic E-state index is 6.88. The van der Waals surface area contributed by atoms with Crippen LogP contribution < -0.4 is 5.32 Å². The molecule has 0 saturated carbocycles. The minimum absolute atomic E-state index is 0.579. The lowest BCUT2D eigenvalue weighted by molar-refractivity contribution is 0.950. The van der Waals surface area contributed by atoms with Gasteiger partial charge in [0.15, 0.2) is 0 Å². The van der Waals surface area contributed by atoms with Crippen LogP contribution in [0.15, 0.2) is 0 Å². The molecule has 0 amide bonds. The summed E-state index contributed by atoms with van der Waals surface area (Å²) in [4.78, 5) is 0. The Morgan fingerprint density at radius 2 is 2.67 bits per heavy atom. The molecule has 1 aliphatic heterocycles. The Morgan fingerprint density at radius 3 is 2.83 bits per heavy atom. The molecule has 1 fully saturated rings. The quantitative estimate of drug-likeness (QED) is 0.430. The zero-order valence-corrected chi connectivity index (χ0v) is 3.49. The van der Waals surface area contributed by atoms with Gasteiger partial charge in [-0.05, 0) is 6.42 Å². The van der Waals surface area contributed by atoms with Gasteiger partial charge in [0.25, 0.3) is 0 Å². The first-order chi connectivity index (χ1) is 2.89. The van der Waals surface area contributed by atoms with Gasteiger partial charge in [0.05, 0.1) is 5.84 Å². The number of hydrogen-bond donors (Lipinski definition) is 2. The first-order valence-corrected chi connectivity index (χ1v) is 2.05. The standard InChI is InChI=1S/C4H7N2/c5-4-2-1-3-6-4/h2H,1,3H2,(H2,5,6). The molecule has 0 unspecified atom stereocenters. The lowest BCUT2D eigenvalue weighted by Gasteiger charge is -1.84. The highest BCUT2D eigenvalue weighted by molar-refractivity contribution is 5.89. The van der Waals surface area contributed by atoms with Gasteiger partial charge in [0.2, 0.25) is 0 Å². The summed E-state index contributed by atoms with van der Waals surface area (Å²) in [5.41, 5.74) is 0. The summed E-state index contributed by atoms with van der Waals surface area (Å²) in [6.07, 6.45) is 2.90. The summed E-state index contributed by atoms with van der Waals surface area (Å²) in [5, 5.41) is 9.73. The first kappa shape index (κ1) is 3.65. The van der Waals surface area contributed by atoms with Crippen LogP contribution in [-0.4, -0.2) is 12.4 Å². The van der Waals surface area contributed by atoms with Crippen LogP contribution >= 0.6 is 0 Å². The van der Waals surface area contributed by atoms with E-state index in [-0.39, 0.29) is 0 Å². The SMILES string of the molecule is N=C1[CH]CCN1. The monoisotopic (exact) mass is 83.1 g/mol. The molecule has 0 atom stereocenters. The van der Waals surface area contributed by atoms with Crippen molar-refractivity contribution in [2.75, 3.05) is 6.54 Å². The molecule has 1 aliphatic rings. The van der Waals surface area contributed by atoms with E-state index in [4.69, 9.17) is 5.41 Å². The summed E-state index contributed by atoms with van der Waals surface area (Å²) < 4.78 is 0. The minimum atomic E-state index is 0.579. The largest absolute Gasteiger partial charge is 0.374 e. The summed E-state index contributed by atoms with van der Waals surface area (Å²) in [6, 6.07) is 0. The minimum Gasteiger partial charge on any atom is -0.374 e. The molecule has 0 aromatic heterocycles. The van der Waals surface area contributed by atoms with Gasteiger partial charge in [-0.25, -0.2) is 0 Å². The van der Waals surface area contributed by atoms with E-state index in [9.17, 15) is 0 Å². The topological polar surface area (TPSA) is 35.9 Å². The smallest absolute Gasteiger partial charge is 0.0971 e. The number of amidine groups is 1. The van der Waals surface area contributed by atoms with Gasteiger partial charge in [0, 0.05) is 13.0 Å². The molecule has 2 N–H and O–H groups in total. The van der Waals surface area contributed by atoms with Gasteiger partial charge in [-0.15, -0.1) is 0 Å². The van der Waals surface area contributed by atoms with Gasteiger partial charge in [-0.1, -0.05) is 0 Å². The molecule has 0 aromatic rings. The van der Waals surface area contributed by atoms with Crippen LogP contribution in [0.2, 0.25) is 0 Å². The molecule has 6 heavy (non-hydrogen) atoms. The fourth-order valence-electron chi connectivity index (χ4n) is 0.496. The number of nitrogens with one attached hydrogen (secondary N) is 2. The highest BCUT2D eigenvalue weighted by Gasteiger charge is 2.01. The number of hydrogen-bond acceptors (Lipinski definition) is 1. The Balaban J connectivity index is 2.37. The van der Waals surface area contributed by atoms with Crippen LogP contribution in [0.3, 0.4) is 0 Å².